The summed E-state index contributed by atoms with van der Waals surface area (Å²) < 4.78 is 13.2. The van der Waals surface area contributed by atoms with Gasteiger partial charge in [-0.25, -0.2) is 4.39 Å². The molecule has 1 saturated carbocycles. The number of thioether (sulfide) groups is 1. The molecule has 1 aliphatic carbocycles. The van der Waals surface area contributed by atoms with E-state index in [9.17, 15) is 14.0 Å². The van der Waals surface area contributed by atoms with Crippen LogP contribution in [0.15, 0.2) is 23.1 Å². The zero-order valence-corrected chi connectivity index (χ0v) is 13.3. The molecule has 1 aromatic carbocycles. The second kappa shape index (κ2) is 6.69. The van der Waals surface area contributed by atoms with E-state index >= 15 is 0 Å². The van der Waals surface area contributed by atoms with Crippen LogP contribution in [0.5, 0.6) is 0 Å². The lowest BCUT2D eigenvalue weighted by Gasteiger charge is -2.11. The first-order valence-corrected chi connectivity index (χ1v) is 8.14. The normalized spacial score (nSPS) is 24.8. The molecule has 1 aliphatic rings. The Kier molecular flexibility index (Phi) is 5.11. The van der Waals surface area contributed by atoms with Gasteiger partial charge in [0.1, 0.15) is 5.82 Å². The van der Waals surface area contributed by atoms with Crippen LogP contribution in [0.2, 0.25) is 0 Å². The van der Waals surface area contributed by atoms with Gasteiger partial charge in [0.05, 0.1) is 11.8 Å². The minimum Gasteiger partial charge on any atom is -0.481 e. The lowest BCUT2D eigenvalue weighted by atomic mass is 10.0. The SMILES string of the molecule is Cc1cc(SCC(C)CC2C(C(=O)O)C2C(=O)O)ccc1F. The minimum atomic E-state index is -1.02. The van der Waals surface area contributed by atoms with Crippen LogP contribution in [0.1, 0.15) is 18.9 Å². The van der Waals surface area contributed by atoms with Gasteiger partial charge in [-0.1, -0.05) is 6.92 Å². The smallest absolute Gasteiger partial charge is 0.307 e. The van der Waals surface area contributed by atoms with Gasteiger partial charge in [-0.05, 0) is 48.9 Å². The molecule has 0 heterocycles. The van der Waals surface area contributed by atoms with Crippen molar-refractivity contribution < 1.29 is 24.2 Å². The van der Waals surface area contributed by atoms with Crippen molar-refractivity contribution in [3.05, 3.63) is 29.6 Å². The fraction of sp³-hybridized carbons (Fsp3) is 0.500. The van der Waals surface area contributed by atoms with Crippen molar-refractivity contribution in [3.63, 3.8) is 0 Å². The number of rotatable bonds is 7. The molecule has 120 valence electrons. The zero-order chi connectivity index (χ0) is 16.4. The molecule has 22 heavy (non-hydrogen) atoms. The Balaban J connectivity index is 1.85. The molecule has 6 heteroatoms. The Hall–Kier alpha value is -1.56. The molecule has 0 radical (unpaired) electrons. The second-order valence-electron chi connectivity index (χ2n) is 5.95. The standard InChI is InChI=1S/C16H19FO4S/c1-8(5-11-13(15(18)19)14(11)16(20)21)7-22-10-3-4-12(17)9(2)6-10/h3-4,6,8,11,13-14H,5,7H2,1-2H3,(H,18,19)(H,20,21). The summed E-state index contributed by atoms with van der Waals surface area (Å²) in [6, 6.07) is 4.94. The summed E-state index contributed by atoms with van der Waals surface area (Å²) in [6.07, 6.45) is 0.584. The van der Waals surface area contributed by atoms with Gasteiger partial charge in [0.15, 0.2) is 0 Å². The van der Waals surface area contributed by atoms with Crippen LogP contribution in [0.4, 0.5) is 4.39 Å². The van der Waals surface area contributed by atoms with Gasteiger partial charge in [-0.15, -0.1) is 11.8 Å². The topological polar surface area (TPSA) is 74.6 Å². The lowest BCUT2D eigenvalue weighted by Crippen LogP contribution is -2.05. The molecular formula is C16H19FO4S. The average Bonchev–Trinajstić information content (AvgIpc) is 3.14. The van der Waals surface area contributed by atoms with E-state index in [-0.39, 0.29) is 17.7 Å². The Morgan fingerprint density at radius 2 is 1.86 bits per heavy atom. The third-order valence-corrected chi connectivity index (χ3v) is 5.40. The van der Waals surface area contributed by atoms with Gasteiger partial charge < -0.3 is 10.2 Å². The van der Waals surface area contributed by atoms with Crippen LogP contribution < -0.4 is 0 Å². The zero-order valence-electron chi connectivity index (χ0n) is 12.5. The summed E-state index contributed by atoms with van der Waals surface area (Å²) in [6.45, 7) is 3.70. The summed E-state index contributed by atoms with van der Waals surface area (Å²) in [5.41, 5.74) is 0.594. The predicted octanol–water partition coefficient (Wildman–Crippen LogP) is 3.28. The maximum absolute atomic E-state index is 13.2. The third-order valence-electron chi connectivity index (χ3n) is 4.08. The minimum absolute atomic E-state index is 0.201. The first-order valence-electron chi connectivity index (χ1n) is 7.15. The Labute approximate surface area is 132 Å². The molecule has 2 N–H and O–H groups in total. The summed E-state index contributed by atoms with van der Waals surface area (Å²) in [5.74, 6) is -3.11. The molecule has 4 nitrogen and oxygen atoms in total. The van der Waals surface area contributed by atoms with Gasteiger partial charge in [0.25, 0.3) is 0 Å². The first-order chi connectivity index (χ1) is 10.3. The van der Waals surface area contributed by atoms with Crippen LogP contribution in [0.25, 0.3) is 0 Å². The number of aryl methyl sites for hydroxylation is 1. The van der Waals surface area contributed by atoms with Crippen molar-refractivity contribution in [2.24, 2.45) is 23.7 Å². The molecule has 0 amide bonds. The van der Waals surface area contributed by atoms with Crippen molar-refractivity contribution >= 4 is 23.7 Å². The van der Waals surface area contributed by atoms with Crippen molar-refractivity contribution in [3.8, 4) is 0 Å². The largest absolute Gasteiger partial charge is 0.481 e. The summed E-state index contributed by atoms with van der Waals surface area (Å²) in [5, 5.41) is 18.0. The van der Waals surface area contributed by atoms with Gasteiger partial charge in [-0.2, -0.15) is 0 Å². The number of carboxylic acid groups (broad SMARTS) is 2. The quantitative estimate of drug-likeness (QED) is 0.752. The van der Waals surface area contributed by atoms with E-state index in [1.807, 2.05) is 6.92 Å². The van der Waals surface area contributed by atoms with E-state index in [0.29, 0.717) is 12.0 Å². The highest BCUT2D eigenvalue weighted by atomic mass is 32.2. The number of carboxylic acids is 2. The Bertz CT molecular complexity index is 570. The first kappa shape index (κ1) is 16.8. The van der Waals surface area contributed by atoms with E-state index < -0.39 is 23.8 Å². The van der Waals surface area contributed by atoms with Crippen LogP contribution in [0, 0.1) is 36.4 Å². The molecule has 0 spiro atoms. The van der Waals surface area contributed by atoms with Crippen molar-refractivity contribution in [1.29, 1.82) is 0 Å². The third kappa shape index (κ3) is 3.80. The fourth-order valence-electron chi connectivity index (χ4n) is 2.82. The molecule has 0 aliphatic heterocycles. The fourth-order valence-corrected chi connectivity index (χ4v) is 3.86. The number of carbonyl (C=O) groups is 2. The Morgan fingerprint density at radius 1 is 1.27 bits per heavy atom. The van der Waals surface area contributed by atoms with Crippen LogP contribution in [0.3, 0.4) is 0 Å². The molecule has 3 unspecified atom stereocenters. The maximum atomic E-state index is 13.2. The van der Waals surface area contributed by atoms with Crippen molar-refractivity contribution in [2.45, 2.75) is 25.2 Å². The number of halogens is 1. The molecule has 3 atom stereocenters. The molecule has 1 fully saturated rings. The van der Waals surface area contributed by atoms with Crippen molar-refractivity contribution in [1.82, 2.24) is 0 Å². The highest BCUT2D eigenvalue weighted by Crippen LogP contribution is 2.50. The van der Waals surface area contributed by atoms with E-state index in [2.05, 4.69) is 0 Å². The predicted molar refractivity (Wildman–Crippen MR) is 81.4 cm³/mol. The van der Waals surface area contributed by atoms with Crippen molar-refractivity contribution in [2.75, 3.05) is 5.75 Å². The highest BCUT2D eigenvalue weighted by molar-refractivity contribution is 7.99. The number of benzene rings is 1. The number of hydrogen-bond acceptors (Lipinski definition) is 3. The molecule has 2 rings (SSSR count). The molecule has 0 bridgehead atoms. The highest BCUT2D eigenvalue weighted by Gasteiger charge is 2.59. The molecule has 1 aromatic rings. The average molecular weight is 326 g/mol. The number of hydrogen-bond donors (Lipinski definition) is 2. The summed E-state index contributed by atoms with van der Waals surface area (Å²) in [4.78, 5) is 23.0. The van der Waals surface area contributed by atoms with Gasteiger partial charge >= 0.3 is 11.9 Å². The van der Waals surface area contributed by atoms with E-state index in [1.165, 1.54) is 6.07 Å². The van der Waals surface area contributed by atoms with Gasteiger partial charge in [-0.3, -0.25) is 9.59 Å². The molecular weight excluding hydrogens is 307 g/mol. The van der Waals surface area contributed by atoms with E-state index in [1.54, 1.807) is 30.8 Å². The van der Waals surface area contributed by atoms with Gasteiger partial charge in [0.2, 0.25) is 0 Å². The molecule has 0 saturated heterocycles. The second-order valence-corrected chi connectivity index (χ2v) is 7.05. The van der Waals surface area contributed by atoms with Crippen LogP contribution in [-0.4, -0.2) is 27.9 Å². The lowest BCUT2D eigenvalue weighted by molar-refractivity contribution is -0.144. The van der Waals surface area contributed by atoms with Crippen LogP contribution >= 0.6 is 11.8 Å². The Morgan fingerprint density at radius 3 is 2.36 bits per heavy atom. The van der Waals surface area contributed by atoms with E-state index in [0.717, 1.165) is 10.6 Å². The summed E-state index contributed by atoms with van der Waals surface area (Å²) in [7, 11) is 0. The summed E-state index contributed by atoms with van der Waals surface area (Å²) >= 11 is 1.58. The monoisotopic (exact) mass is 326 g/mol. The maximum Gasteiger partial charge on any atom is 0.307 e. The molecule has 0 aromatic heterocycles. The number of aliphatic carboxylic acids is 2. The van der Waals surface area contributed by atoms with E-state index in [4.69, 9.17) is 10.2 Å². The van der Waals surface area contributed by atoms with Crippen LogP contribution in [-0.2, 0) is 9.59 Å². The van der Waals surface area contributed by atoms with Gasteiger partial charge in [0, 0.05) is 10.6 Å².